The molecular weight excluding hydrogens is 479 g/mol. The second-order valence-corrected chi connectivity index (χ2v) is 8.18. The van der Waals surface area contributed by atoms with Crippen LogP contribution in [0.3, 0.4) is 0 Å². The molecule has 36 heavy (non-hydrogen) atoms. The lowest BCUT2D eigenvalue weighted by Crippen LogP contribution is -2.37. The third-order valence-corrected chi connectivity index (χ3v) is 5.25. The fourth-order valence-corrected chi connectivity index (χ4v) is 3.58. The van der Waals surface area contributed by atoms with Gasteiger partial charge in [-0.05, 0) is 25.8 Å². The van der Waals surface area contributed by atoms with E-state index in [2.05, 4.69) is 35.9 Å². The number of carbonyl (C=O) groups excluding carboxylic acids is 1. The first-order chi connectivity index (χ1) is 17.0. The molecule has 1 aromatic heterocycles. The Morgan fingerprint density at radius 1 is 1.25 bits per heavy atom. The molecule has 12 heteroatoms. The molecule has 2 heterocycles. The van der Waals surface area contributed by atoms with E-state index in [1.165, 1.54) is 24.6 Å². The lowest BCUT2D eigenvalue weighted by molar-refractivity contribution is -0.139. The minimum absolute atomic E-state index is 0.293. The Labute approximate surface area is 207 Å². The van der Waals surface area contributed by atoms with Crippen LogP contribution in [0.4, 0.5) is 19.0 Å². The van der Waals surface area contributed by atoms with Gasteiger partial charge in [0.05, 0.1) is 5.56 Å². The number of carbonyl (C=O) groups is 2. The molecule has 0 unspecified atom stereocenters. The normalized spacial score (nSPS) is 14.6. The van der Waals surface area contributed by atoms with Crippen molar-refractivity contribution in [1.29, 1.82) is 0 Å². The largest absolute Gasteiger partial charge is 0.480 e. The van der Waals surface area contributed by atoms with Crippen LogP contribution >= 0.6 is 0 Å². The summed E-state index contributed by atoms with van der Waals surface area (Å²) in [4.78, 5) is 25.5. The monoisotopic (exact) mass is 509 g/mol. The molecule has 0 atom stereocenters. The molecule has 3 rings (SSSR count). The number of halogens is 3. The molecule has 0 aliphatic carbocycles. The van der Waals surface area contributed by atoms with Crippen LogP contribution in [0.5, 0.6) is 0 Å². The summed E-state index contributed by atoms with van der Waals surface area (Å²) in [6.07, 6.45) is -2.61. The standard InChI is InChI=1S/C21H22F3N5O4.C3H8/c1-13(26-29(25-2)12-19(30)31)17-11-18(27-33-17)28-9-7-14(8-10-28)20(32)15-5-3-4-6-16(15)21(22,23)24;1-3-2/h3-6,11,14H,2,7-10,12H2,1H3,(H,30,31);3H2,1-2H3/b26-13+;. The number of Topliss-reactive ketones (excluding diaryl/α,β-unsaturated/α-hetero) is 1. The molecule has 0 spiro atoms. The van der Waals surface area contributed by atoms with E-state index in [-0.39, 0.29) is 5.56 Å². The topological polar surface area (TPSA) is 112 Å². The number of hydrogen-bond acceptors (Lipinski definition) is 8. The Morgan fingerprint density at radius 3 is 2.42 bits per heavy atom. The van der Waals surface area contributed by atoms with Crippen molar-refractivity contribution in [2.24, 2.45) is 16.1 Å². The number of hydrogen-bond donors (Lipinski definition) is 1. The van der Waals surface area contributed by atoms with Gasteiger partial charge in [0.1, 0.15) is 5.71 Å². The Morgan fingerprint density at radius 2 is 1.86 bits per heavy atom. The number of aliphatic carboxylic acids is 1. The van der Waals surface area contributed by atoms with Gasteiger partial charge in [0.2, 0.25) is 0 Å². The van der Waals surface area contributed by atoms with Crippen LogP contribution in [0, 0.1) is 5.92 Å². The van der Waals surface area contributed by atoms with Gasteiger partial charge >= 0.3 is 12.1 Å². The number of carboxylic acid groups (broad SMARTS) is 1. The maximum Gasteiger partial charge on any atom is 0.417 e. The Hall–Kier alpha value is -3.70. The molecule has 2 aromatic rings. The van der Waals surface area contributed by atoms with Crippen molar-refractivity contribution < 1.29 is 32.4 Å². The number of piperidine rings is 1. The van der Waals surface area contributed by atoms with Crippen LogP contribution < -0.4 is 4.90 Å². The van der Waals surface area contributed by atoms with E-state index in [1.54, 1.807) is 13.0 Å². The lowest BCUT2D eigenvalue weighted by Gasteiger charge is -2.31. The molecule has 1 aliphatic rings. The summed E-state index contributed by atoms with van der Waals surface area (Å²) < 4.78 is 45.1. The maximum absolute atomic E-state index is 13.3. The highest BCUT2D eigenvalue weighted by molar-refractivity contribution is 5.99. The van der Waals surface area contributed by atoms with Gasteiger partial charge in [-0.3, -0.25) is 9.59 Å². The molecule has 1 fully saturated rings. The molecule has 0 bridgehead atoms. The number of ketones is 1. The van der Waals surface area contributed by atoms with Gasteiger partial charge in [0.25, 0.3) is 0 Å². The van der Waals surface area contributed by atoms with Crippen molar-refractivity contribution in [2.75, 3.05) is 24.5 Å². The molecule has 0 saturated carbocycles. The van der Waals surface area contributed by atoms with Crippen molar-refractivity contribution in [3.05, 3.63) is 47.2 Å². The SMILES string of the molecule is C=NN(CC(=O)O)/N=C(\C)c1cc(N2CCC(C(=O)c3ccccc3C(F)(F)F)CC2)no1.CCC. The van der Waals surface area contributed by atoms with Gasteiger partial charge in [-0.25, -0.2) is 0 Å². The number of alkyl halides is 3. The van der Waals surface area contributed by atoms with Gasteiger partial charge in [0, 0.05) is 37.4 Å². The van der Waals surface area contributed by atoms with E-state index >= 15 is 0 Å². The number of benzene rings is 1. The van der Waals surface area contributed by atoms with Crippen molar-refractivity contribution in [3.63, 3.8) is 0 Å². The molecule has 1 N–H and O–H groups in total. The predicted molar refractivity (Wildman–Crippen MR) is 129 cm³/mol. The van der Waals surface area contributed by atoms with E-state index in [9.17, 15) is 22.8 Å². The van der Waals surface area contributed by atoms with Crippen LogP contribution in [0.1, 0.15) is 61.7 Å². The molecule has 0 radical (unpaired) electrons. The second kappa shape index (κ2) is 12.8. The highest BCUT2D eigenvalue weighted by Gasteiger charge is 2.37. The number of nitrogens with zero attached hydrogens (tertiary/aromatic N) is 5. The van der Waals surface area contributed by atoms with Crippen LogP contribution in [0.15, 0.2) is 45.1 Å². The van der Waals surface area contributed by atoms with Crippen LogP contribution in [0.2, 0.25) is 0 Å². The predicted octanol–water partition coefficient (Wildman–Crippen LogP) is 4.94. The van der Waals surface area contributed by atoms with E-state index < -0.39 is 36.0 Å². The number of rotatable bonds is 8. The van der Waals surface area contributed by atoms with Crippen LogP contribution in [-0.4, -0.2) is 59.2 Å². The third-order valence-electron chi connectivity index (χ3n) is 5.25. The summed E-state index contributed by atoms with van der Waals surface area (Å²) in [5, 5.41) is 21.2. The lowest BCUT2D eigenvalue weighted by atomic mass is 9.87. The Bertz CT molecular complexity index is 1080. The Balaban J connectivity index is 0.00000145. The number of anilines is 1. The van der Waals surface area contributed by atoms with Gasteiger partial charge in [-0.2, -0.15) is 28.5 Å². The molecule has 9 nitrogen and oxygen atoms in total. The minimum Gasteiger partial charge on any atom is -0.480 e. The smallest absolute Gasteiger partial charge is 0.417 e. The summed E-state index contributed by atoms with van der Waals surface area (Å²) in [6, 6.07) is 6.44. The van der Waals surface area contributed by atoms with Gasteiger partial charge < -0.3 is 14.5 Å². The summed E-state index contributed by atoms with van der Waals surface area (Å²) in [7, 11) is 0. The van der Waals surface area contributed by atoms with E-state index in [1.807, 2.05) is 4.90 Å². The van der Waals surface area contributed by atoms with Gasteiger partial charge in [0.15, 0.2) is 23.9 Å². The van der Waals surface area contributed by atoms with E-state index in [0.29, 0.717) is 43.2 Å². The van der Waals surface area contributed by atoms with Gasteiger partial charge in [-0.15, -0.1) is 0 Å². The zero-order valence-corrected chi connectivity index (χ0v) is 20.5. The highest BCUT2D eigenvalue weighted by atomic mass is 19.4. The third kappa shape index (κ3) is 7.65. The number of carboxylic acids is 1. The average Bonchev–Trinajstić information content (AvgIpc) is 3.33. The average molecular weight is 510 g/mol. The fraction of sp³-hybridized carbons (Fsp3) is 0.458. The molecule has 1 saturated heterocycles. The maximum atomic E-state index is 13.3. The van der Waals surface area contributed by atoms with Crippen molar-refractivity contribution in [3.8, 4) is 0 Å². The van der Waals surface area contributed by atoms with Crippen molar-refractivity contribution in [1.82, 2.24) is 10.3 Å². The summed E-state index contributed by atoms with van der Waals surface area (Å²) >= 11 is 0. The zero-order chi connectivity index (χ0) is 26.9. The van der Waals surface area contributed by atoms with Gasteiger partial charge in [-0.1, -0.05) is 43.6 Å². The van der Waals surface area contributed by atoms with Crippen LogP contribution in [0.25, 0.3) is 0 Å². The Kier molecular flexibility index (Phi) is 10.2. The van der Waals surface area contributed by atoms with Crippen molar-refractivity contribution >= 4 is 30.0 Å². The summed E-state index contributed by atoms with van der Waals surface area (Å²) in [5.41, 5.74) is -0.892. The van der Waals surface area contributed by atoms with Crippen molar-refractivity contribution in [2.45, 2.75) is 46.2 Å². The zero-order valence-electron chi connectivity index (χ0n) is 20.5. The fourth-order valence-electron chi connectivity index (χ4n) is 3.58. The van der Waals surface area contributed by atoms with E-state index in [4.69, 9.17) is 9.63 Å². The molecule has 196 valence electrons. The molecular formula is C24H30F3N5O4. The molecule has 1 aliphatic heterocycles. The minimum atomic E-state index is -4.59. The summed E-state index contributed by atoms with van der Waals surface area (Å²) in [6.45, 7) is 9.45. The number of aromatic nitrogens is 1. The second-order valence-electron chi connectivity index (χ2n) is 8.18. The summed E-state index contributed by atoms with van der Waals surface area (Å²) in [5.74, 6) is -1.39. The first-order valence-corrected chi connectivity index (χ1v) is 11.4. The highest BCUT2D eigenvalue weighted by Crippen LogP contribution is 2.34. The molecule has 0 amide bonds. The quantitative estimate of drug-likeness (QED) is 0.305. The van der Waals surface area contributed by atoms with Crippen LogP contribution in [-0.2, 0) is 11.0 Å². The molecule has 1 aromatic carbocycles. The first-order valence-electron chi connectivity index (χ1n) is 11.4. The number of hydrazone groups is 2. The van der Waals surface area contributed by atoms with E-state index in [0.717, 1.165) is 11.2 Å². The first kappa shape index (κ1) is 28.5.